The summed E-state index contributed by atoms with van der Waals surface area (Å²) in [6, 6.07) is 6.70. The van der Waals surface area contributed by atoms with Crippen LogP contribution in [0.3, 0.4) is 0 Å². The zero-order chi connectivity index (χ0) is 15.2. The number of hydrogen-bond donors (Lipinski definition) is 0. The Labute approximate surface area is 120 Å². The highest BCUT2D eigenvalue weighted by atomic mass is 14.4. The molecule has 0 atom stereocenters. The van der Waals surface area contributed by atoms with Crippen molar-refractivity contribution in [1.29, 1.82) is 0 Å². The van der Waals surface area contributed by atoms with E-state index in [2.05, 4.69) is 52.5 Å². The second-order valence-corrected chi connectivity index (χ2v) is 4.92. The summed E-state index contributed by atoms with van der Waals surface area (Å²) in [5, 5.41) is 0. The molecule has 0 heterocycles. The Bertz CT molecular complexity index is 459. The molecule has 0 heteroatoms. The summed E-state index contributed by atoms with van der Waals surface area (Å²) < 4.78 is 0. The number of aryl methyl sites for hydroxylation is 1. The molecule has 0 fully saturated rings. The molecule has 0 radical (unpaired) electrons. The molecule has 0 saturated heterocycles. The largest absolute Gasteiger partial charge is 0.0984 e. The summed E-state index contributed by atoms with van der Waals surface area (Å²) in [4.78, 5) is 0. The molecule has 19 heavy (non-hydrogen) atoms. The fraction of sp³-hybridized carbons (Fsp3) is 0.474. The Kier molecular flexibility index (Phi) is 6.83. The molecule has 0 amide bonds. The lowest BCUT2D eigenvalue weighted by Gasteiger charge is -2.22. The first-order valence-corrected chi connectivity index (χ1v) is 7.43. The fourth-order valence-electron chi connectivity index (χ4n) is 2.41. The van der Waals surface area contributed by atoms with Gasteiger partial charge >= 0.3 is 0 Å². The summed E-state index contributed by atoms with van der Waals surface area (Å²) >= 11 is 0. The van der Waals surface area contributed by atoms with Gasteiger partial charge in [-0.2, -0.15) is 0 Å². The maximum Gasteiger partial charge on any atom is 0.0118 e. The van der Waals surface area contributed by atoms with Gasteiger partial charge in [-0.05, 0) is 30.5 Å². The molecule has 0 spiro atoms. The first-order chi connectivity index (χ1) is 8.98. The van der Waals surface area contributed by atoms with Gasteiger partial charge in [0.2, 0.25) is 0 Å². The second kappa shape index (κ2) is 7.33. The highest BCUT2D eigenvalue weighted by molar-refractivity contribution is 5.85. The monoisotopic (exact) mass is 258 g/mol. The molecule has 0 nitrogen and oxygen atoms in total. The SMILES string of the molecule is C=CC1=C(C)C(C)(C)c2cc(C)ccc21.CC.CC. The normalized spacial score (nSPS) is 14.7. The molecule has 1 aromatic carbocycles. The van der Waals surface area contributed by atoms with E-state index in [-0.39, 0.29) is 5.41 Å². The van der Waals surface area contributed by atoms with Crippen molar-refractivity contribution >= 4 is 5.57 Å². The van der Waals surface area contributed by atoms with Gasteiger partial charge in [0.25, 0.3) is 0 Å². The van der Waals surface area contributed by atoms with E-state index in [1.807, 2.05) is 33.8 Å². The molecule has 106 valence electrons. The molecular weight excluding hydrogens is 228 g/mol. The van der Waals surface area contributed by atoms with Gasteiger partial charge in [-0.25, -0.2) is 0 Å². The Morgan fingerprint density at radius 2 is 1.53 bits per heavy atom. The minimum atomic E-state index is 0.158. The van der Waals surface area contributed by atoms with Crippen molar-refractivity contribution in [3.8, 4) is 0 Å². The molecule has 0 aromatic heterocycles. The molecule has 1 aromatic rings. The molecule has 0 N–H and O–H groups in total. The average Bonchev–Trinajstić information content (AvgIpc) is 2.63. The van der Waals surface area contributed by atoms with Crippen molar-refractivity contribution in [2.45, 2.75) is 60.8 Å². The van der Waals surface area contributed by atoms with Gasteiger partial charge in [0.15, 0.2) is 0 Å². The Morgan fingerprint density at radius 1 is 1.00 bits per heavy atom. The van der Waals surface area contributed by atoms with Crippen LogP contribution in [0.2, 0.25) is 0 Å². The van der Waals surface area contributed by atoms with E-state index in [9.17, 15) is 0 Å². The predicted molar refractivity (Wildman–Crippen MR) is 89.7 cm³/mol. The van der Waals surface area contributed by atoms with Gasteiger partial charge in [-0.1, -0.05) is 83.5 Å². The van der Waals surface area contributed by atoms with Crippen molar-refractivity contribution in [1.82, 2.24) is 0 Å². The molecule has 0 aliphatic heterocycles. The highest BCUT2D eigenvalue weighted by Gasteiger charge is 2.33. The maximum atomic E-state index is 3.92. The fourth-order valence-corrected chi connectivity index (χ4v) is 2.41. The third-order valence-electron chi connectivity index (χ3n) is 3.68. The van der Waals surface area contributed by atoms with E-state index >= 15 is 0 Å². The Morgan fingerprint density at radius 3 is 2.00 bits per heavy atom. The van der Waals surface area contributed by atoms with E-state index in [1.54, 1.807) is 0 Å². The average molecular weight is 258 g/mol. The third-order valence-corrected chi connectivity index (χ3v) is 3.68. The summed E-state index contributed by atoms with van der Waals surface area (Å²) in [6.45, 7) is 20.9. The van der Waals surface area contributed by atoms with Crippen LogP contribution >= 0.6 is 0 Å². The highest BCUT2D eigenvalue weighted by Crippen LogP contribution is 2.46. The first-order valence-electron chi connectivity index (χ1n) is 7.43. The van der Waals surface area contributed by atoms with Crippen molar-refractivity contribution in [3.05, 3.63) is 53.1 Å². The van der Waals surface area contributed by atoms with E-state index in [1.165, 1.54) is 27.8 Å². The van der Waals surface area contributed by atoms with Crippen molar-refractivity contribution in [3.63, 3.8) is 0 Å². The number of rotatable bonds is 1. The number of fused-ring (bicyclic) bond motifs is 1. The zero-order valence-electron chi connectivity index (χ0n) is 14.0. The lowest BCUT2D eigenvalue weighted by Crippen LogP contribution is -2.15. The number of allylic oxidation sites excluding steroid dienone is 3. The number of hydrogen-bond acceptors (Lipinski definition) is 0. The Hall–Kier alpha value is -1.30. The molecular formula is C19H30. The van der Waals surface area contributed by atoms with E-state index < -0.39 is 0 Å². The standard InChI is InChI=1S/C15H18.2C2H6/c1-6-12-11(3)15(4,5)14-9-10(2)7-8-13(12)14;2*1-2/h6-9H,1H2,2-5H3;2*1-2H3. The number of benzene rings is 1. The van der Waals surface area contributed by atoms with Crippen LogP contribution < -0.4 is 0 Å². The van der Waals surface area contributed by atoms with Gasteiger partial charge in [0.05, 0.1) is 0 Å². The molecule has 0 saturated carbocycles. The van der Waals surface area contributed by atoms with Gasteiger partial charge in [-0.3, -0.25) is 0 Å². The first kappa shape index (κ1) is 17.7. The second-order valence-electron chi connectivity index (χ2n) is 4.92. The van der Waals surface area contributed by atoms with E-state index in [0.29, 0.717) is 0 Å². The maximum absolute atomic E-state index is 3.92. The topological polar surface area (TPSA) is 0 Å². The van der Waals surface area contributed by atoms with Crippen LogP contribution in [-0.2, 0) is 5.41 Å². The molecule has 1 aliphatic carbocycles. The quantitative estimate of drug-likeness (QED) is 0.554. The Balaban J connectivity index is 0.000000741. The summed E-state index contributed by atoms with van der Waals surface area (Å²) in [5.41, 5.74) is 7.03. The van der Waals surface area contributed by atoms with Crippen LogP contribution in [0, 0.1) is 6.92 Å². The molecule has 2 rings (SSSR count). The third kappa shape index (κ3) is 3.18. The van der Waals surface area contributed by atoms with Gasteiger partial charge < -0.3 is 0 Å². The lowest BCUT2D eigenvalue weighted by molar-refractivity contribution is 0.638. The van der Waals surface area contributed by atoms with Crippen molar-refractivity contribution in [2.24, 2.45) is 0 Å². The van der Waals surface area contributed by atoms with Crippen molar-refractivity contribution in [2.75, 3.05) is 0 Å². The van der Waals surface area contributed by atoms with Crippen LogP contribution in [0.5, 0.6) is 0 Å². The molecule has 1 aliphatic rings. The van der Waals surface area contributed by atoms with Crippen LogP contribution in [0.4, 0.5) is 0 Å². The van der Waals surface area contributed by atoms with Crippen LogP contribution in [0.15, 0.2) is 36.4 Å². The van der Waals surface area contributed by atoms with E-state index in [4.69, 9.17) is 0 Å². The summed E-state index contributed by atoms with van der Waals surface area (Å²) in [6.07, 6.45) is 1.98. The zero-order valence-corrected chi connectivity index (χ0v) is 14.0. The van der Waals surface area contributed by atoms with Gasteiger partial charge in [-0.15, -0.1) is 0 Å². The predicted octanol–water partition coefficient (Wildman–Crippen LogP) is 6.30. The van der Waals surface area contributed by atoms with Gasteiger partial charge in [0, 0.05) is 5.41 Å². The van der Waals surface area contributed by atoms with Crippen molar-refractivity contribution < 1.29 is 0 Å². The summed E-state index contributed by atoms with van der Waals surface area (Å²) in [5.74, 6) is 0. The lowest BCUT2D eigenvalue weighted by atomic mass is 9.81. The van der Waals surface area contributed by atoms with E-state index in [0.717, 1.165) is 0 Å². The van der Waals surface area contributed by atoms with Gasteiger partial charge in [0.1, 0.15) is 0 Å². The van der Waals surface area contributed by atoms with Crippen LogP contribution in [-0.4, -0.2) is 0 Å². The molecule has 0 unspecified atom stereocenters. The minimum Gasteiger partial charge on any atom is -0.0984 e. The molecule has 0 bridgehead atoms. The van der Waals surface area contributed by atoms with Crippen LogP contribution in [0.25, 0.3) is 5.57 Å². The van der Waals surface area contributed by atoms with Crippen LogP contribution in [0.1, 0.15) is 65.2 Å². The summed E-state index contributed by atoms with van der Waals surface area (Å²) in [7, 11) is 0. The smallest absolute Gasteiger partial charge is 0.0118 e. The minimum absolute atomic E-state index is 0.158.